The van der Waals surface area contributed by atoms with Crippen molar-refractivity contribution >= 4 is 17.6 Å². The lowest BCUT2D eigenvalue weighted by atomic mass is 9.72. The van der Waals surface area contributed by atoms with E-state index in [1.807, 2.05) is 6.07 Å². The first-order chi connectivity index (χ1) is 13.9. The quantitative estimate of drug-likeness (QED) is 0.591. The Morgan fingerprint density at radius 2 is 1.83 bits per heavy atom. The van der Waals surface area contributed by atoms with Crippen LogP contribution >= 0.6 is 0 Å². The van der Waals surface area contributed by atoms with Gasteiger partial charge in [0.2, 0.25) is 0 Å². The molecule has 0 atom stereocenters. The molecule has 0 spiro atoms. The van der Waals surface area contributed by atoms with Crippen molar-refractivity contribution in [1.82, 2.24) is 4.90 Å². The number of nitro benzene ring substituents is 1. The molecule has 0 aliphatic carbocycles. The van der Waals surface area contributed by atoms with Gasteiger partial charge in [-0.05, 0) is 37.5 Å². The molecule has 1 amide bonds. The third-order valence-corrected chi connectivity index (χ3v) is 5.35. The molecule has 29 heavy (non-hydrogen) atoms. The number of benzene rings is 2. The average Bonchev–Trinajstić information content (AvgIpc) is 2.74. The van der Waals surface area contributed by atoms with E-state index in [1.54, 1.807) is 31.2 Å². The van der Waals surface area contributed by atoms with Crippen LogP contribution in [0.15, 0.2) is 48.5 Å². The third-order valence-electron chi connectivity index (χ3n) is 5.35. The monoisotopic (exact) mass is 398 g/mol. The number of ether oxygens (including phenoxy) is 1. The first-order valence-corrected chi connectivity index (χ1v) is 9.38. The molecule has 1 N–H and O–H groups in total. The molecule has 1 aliphatic rings. The second kappa shape index (κ2) is 8.30. The Morgan fingerprint density at radius 1 is 1.17 bits per heavy atom. The van der Waals surface area contributed by atoms with E-state index in [2.05, 4.69) is 0 Å². The zero-order chi connectivity index (χ0) is 21.0. The van der Waals surface area contributed by atoms with Gasteiger partial charge in [0.15, 0.2) is 0 Å². The number of carbonyl (C=O) groups excluding carboxylic acids is 1. The third kappa shape index (κ3) is 3.91. The Hall–Kier alpha value is -3.42. The van der Waals surface area contributed by atoms with Crippen LogP contribution in [0.1, 0.15) is 35.7 Å². The van der Waals surface area contributed by atoms with Crippen molar-refractivity contribution in [2.45, 2.75) is 25.2 Å². The fourth-order valence-electron chi connectivity index (χ4n) is 3.75. The highest BCUT2D eigenvalue weighted by atomic mass is 16.6. The van der Waals surface area contributed by atoms with E-state index < -0.39 is 22.2 Å². The van der Waals surface area contributed by atoms with E-state index in [0.717, 1.165) is 0 Å². The van der Waals surface area contributed by atoms with Crippen LogP contribution in [0.4, 0.5) is 5.69 Å². The van der Waals surface area contributed by atoms with Gasteiger partial charge in [-0.15, -0.1) is 0 Å². The molecule has 2 aromatic carbocycles. The topological polar surface area (TPSA) is 110 Å². The van der Waals surface area contributed by atoms with Gasteiger partial charge in [-0.2, -0.15) is 0 Å². The standard InChI is InChI=1S/C21H22N2O6/c1-2-29-16-8-9-18(23(27)28)17(14-16)19(24)22-12-10-21(11-13-22,20(25)26)15-6-4-3-5-7-15/h3-9,14H,2,10-13H2,1H3,(H,25,26). The molecule has 8 nitrogen and oxygen atoms in total. The number of aliphatic carboxylic acids is 1. The molecule has 3 rings (SSSR count). The van der Waals surface area contributed by atoms with Crippen molar-refractivity contribution in [3.8, 4) is 5.75 Å². The van der Waals surface area contributed by atoms with Gasteiger partial charge in [-0.25, -0.2) is 0 Å². The lowest BCUT2D eigenvalue weighted by molar-refractivity contribution is -0.385. The first kappa shape index (κ1) is 20.3. The van der Waals surface area contributed by atoms with E-state index in [0.29, 0.717) is 17.9 Å². The Labute approximate surface area is 167 Å². The minimum atomic E-state index is -1.07. The van der Waals surface area contributed by atoms with Crippen LogP contribution < -0.4 is 4.74 Å². The van der Waals surface area contributed by atoms with Crippen molar-refractivity contribution in [3.63, 3.8) is 0 Å². The molecule has 2 aromatic rings. The zero-order valence-electron chi connectivity index (χ0n) is 16.0. The second-order valence-corrected chi connectivity index (χ2v) is 6.91. The molecule has 8 heteroatoms. The van der Waals surface area contributed by atoms with Crippen molar-refractivity contribution in [3.05, 3.63) is 69.8 Å². The number of rotatable bonds is 6. The molecule has 0 radical (unpaired) electrons. The molecule has 152 valence electrons. The van der Waals surface area contributed by atoms with Gasteiger partial charge in [0.1, 0.15) is 11.3 Å². The predicted molar refractivity (Wildman–Crippen MR) is 105 cm³/mol. The number of carbonyl (C=O) groups is 2. The van der Waals surface area contributed by atoms with Crippen LogP contribution in [0, 0.1) is 10.1 Å². The molecule has 1 saturated heterocycles. The van der Waals surface area contributed by atoms with Crippen LogP contribution in [-0.2, 0) is 10.2 Å². The minimum Gasteiger partial charge on any atom is -0.494 e. The fraction of sp³-hybridized carbons (Fsp3) is 0.333. The van der Waals surface area contributed by atoms with Gasteiger partial charge in [-0.3, -0.25) is 19.7 Å². The van der Waals surface area contributed by atoms with Gasteiger partial charge >= 0.3 is 5.97 Å². The number of carboxylic acid groups (broad SMARTS) is 1. The van der Waals surface area contributed by atoms with Crippen molar-refractivity contribution in [2.24, 2.45) is 0 Å². The Bertz CT molecular complexity index is 920. The highest BCUT2D eigenvalue weighted by Crippen LogP contribution is 2.37. The Balaban J connectivity index is 1.85. The molecule has 1 heterocycles. The van der Waals surface area contributed by atoms with E-state index >= 15 is 0 Å². The Morgan fingerprint density at radius 3 is 2.38 bits per heavy atom. The molecule has 0 saturated carbocycles. The second-order valence-electron chi connectivity index (χ2n) is 6.91. The largest absolute Gasteiger partial charge is 0.494 e. The van der Waals surface area contributed by atoms with Gasteiger partial charge in [0.25, 0.3) is 11.6 Å². The Kier molecular flexibility index (Phi) is 5.81. The predicted octanol–water partition coefficient (Wildman–Crippen LogP) is 3.25. The van der Waals surface area contributed by atoms with Crippen LogP contribution in [0.25, 0.3) is 0 Å². The molecule has 0 unspecified atom stereocenters. The van der Waals surface area contributed by atoms with Crippen LogP contribution in [-0.4, -0.2) is 46.5 Å². The number of nitro groups is 1. The summed E-state index contributed by atoms with van der Waals surface area (Å²) in [6.07, 6.45) is 0.466. The van der Waals surface area contributed by atoms with Crippen LogP contribution in [0.5, 0.6) is 5.75 Å². The van der Waals surface area contributed by atoms with E-state index in [9.17, 15) is 24.8 Å². The van der Waals surface area contributed by atoms with Crippen LogP contribution in [0.3, 0.4) is 0 Å². The highest BCUT2D eigenvalue weighted by molar-refractivity contribution is 5.99. The maximum Gasteiger partial charge on any atom is 0.314 e. The average molecular weight is 398 g/mol. The summed E-state index contributed by atoms with van der Waals surface area (Å²) in [4.78, 5) is 37.3. The summed E-state index contributed by atoms with van der Waals surface area (Å²) in [5.74, 6) is -1.05. The van der Waals surface area contributed by atoms with E-state index in [-0.39, 0.29) is 37.2 Å². The summed E-state index contributed by atoms with van der Waals surface area (Å²) in [7, 11) is 0. The number of hydrogen-bond donors (Lipinski definition) is 1. The minimum absolute atomic E-state index is 0.0523. The summed E-state index contributed by atoms with van der Waals surface area (Å²) in [5, 5.41) is 21.3. The number of carboxylic acids is 1. The first-order valence-electron chi connectivity index (χ1n) is 9.38. The maximum atomic E-state index is 13.0. The molecule has 0 aromatic heterocycles. The molecular formula is C21H22N2O6. The van der Waals surface area contributed by atoms with Crippen LogP contribution in [0.2, 0.25) is 0 Å². The molecule has 1 aliphatic heterocycles. The van der Waals surface area contributed by atoms with Gasteiger partial charge in [0, 0.05) is 19.2 Å². The lowest BCUT2D eigenvalue weighted by Crippen LogP contribution is -2.49. The van der Waals surface area contributed by atoms with Crippen molar-refractivity contribution in [1.29, 1.82) is 0 Å². The van der Waals surface area contributed by atoms with Gasteiger partial charge in [0.05, 0.1) is 16.9 Å². The van der Waals surface area contributed by atoms with Gasteiger partial charge < -0.3 is 14.7 Å². The normalized spacial score (nSPS) is 15.6. The van der Waals surface area contributed by atoms with E-state index in [4.69, 9.17) is 4.74 Å². The molecule has 1 fully saturated rings. The number of nitrogens with zero attached hydrogens (tertiary/aromatic N) is 2. The maximum absolute atomic E-state index is 13.0. The summed E-state index contributed by atoms with van der Waals surface area (Å²) >= 11 is 0. The number of hydrogen-bond acceptors (Lipinski definition) is 5. The summed E-state index contributed by atoms with van der Waals surface area (Å²) < 4.78 is 5.37. The SMILES string of the molecule is CCOc1ccc([N+](=O)[O-])c(C(=O)N2CCC(C(=O)O)(c3ccccc3)CC2)c1. The van der Waals surface area contributed by atoms with Gasteiger partial charge in [-0.1, -0.05) is 30.3 Å². The number of piperidine rings is 1. The highest BCUT2D eigenvalue weighted by Gasteiger charge is 2.44. The fourth-order valence-corrected chi connectivity index (χ4v) is 3.75. The van der Waals surface area contributed by atoms with Crippen molar-refractivity contribution in [2.75, 3.05) is 19.7 Å². The number of likely N-dealkylation sites (tertiary alicyclic amines) is 1. The molecular weight excluding hydrogens is 376 g/mol. The summed E-state index contributed by atoms with van der Waals surface area (Å²) in [6, 6.07) is 13.1. The zero-order valence-corrected chi connectivity index (χ0v) is 16.0. The smallest absolute Gasteiger partial charge is 0.314 e. The summed E-state index contributed by atoms with van der Waals surface area (Å²) in [6.45, 7) is 2.53. The lowest BCUT2D eigenvalue weighted by Gasteiger charge is -2.39. The molecule has 0 bridgehead atoms. The number of amides is 1. The summed E-state index contributed by atoms with van der Waals surface area (Å²) in [5.41, 5.74) is -0.721. The van der Waals surface area contributed by atoms with Crippen molar-refractivity contribution < 1.29 is 24.4 Å². The van der Waals surface area contributed by atoms with E-state index in [1.165, 1.54) is 23.1 Å².